The summed E-state index contributed by atoms with van der Waals surface area (Å²) in [4.78, 5) is 12.5. The number of carbonyl (C=O) groups is 1. The summed E-state index contributed by atoms with van der Waals surface area (Å²) in [6.45, 7) is 0.165. The van der Waals surface area contributed by atoms with Crippen LogP contribution >= 0.6 is 0 Å². The number of rotatable bonds is 10. The average molecular weight is 420 g/mol. The number of aliphatic hydroxyl groups excluding tert-OH is 1. The molecule has 3 atom stereocenters. The maximum Gasteiger partial charge on any atom is 0.407 e. The topological polar surface area (TPSA) is 96.6 Å². The fraction of sp³-hybridized carbons (Fsp3) is 0.240. The molecular formula is C25H29N3O3. The molecule has 162 valence electrons. The van der Waals surface area contributed by atoms with E-state index in [0.717, 1.165) is 16.7 Å². The molecule has 0 aliphatic heterocycles. The first kappa shape index (κ1) is 22.5. The van der Waals surface area contributed by atoms with E-state index in [4.69, 9.17) is 10.6 Å². The molecule has 1 unspecified atom stereocenters. The Morgan fingerprint density at radius 1 is 0.871 bits per heavy atom. The Kier molecular flexibility index (Phi) is 8.60. The van der Waals surface area contributed by atoms with Gasteiger partial charge in [-0.05, 0) is 29.5 Å². The number of ether oxygens (including phenoxy) is 1. The number of hydrogen-bond donors (Lipinski definition) is 4. The summed E-state index contributed by atoms with van der Waals surface area (Å²) < 4.78 is 5.36. The minimum absolute atomic E-state index is 0.165. The van der Waals surface area contributed by atoms with Crippen LogP contribution in [0, 0.1) is 0 Å². The molecule has 6 nitrogen and oxygen atoms in total. The third-order valence-corrected chi connectivity index (χ3v) is 5.16. The molecule has 3 aromatic carbocycles. The van der Waals surface area contributed by atoms with Crippen molar-refractivity contribution in [2.75, 3.05) is 0 Å². The second kappa shape index (κ2) is 11.9. The standard InChI is InChI=1S/C25H29N3O3/c26-28-22(21-14-8-3-9-15-21)17-24(29)23(16-19-10-4-1-5-11-19)27-25(30)31-18-20-12-6-2-7-13-20/h1-15,22-24,28-29H,16-18,26H2,(H,27,30)/t22?,23-,24-/m0/s1. The summed E-state index contributed by atoms with van der Waals surface area (Å²) in [6, 6.07) is 28.1. The van der Waals surface area contributed by atoms with Crippen molar-refractivity contribution in [3.05, 3.63) is 108 Å². The summed E-state index contributed by atoms with van der Waals surface area (Å²) in [7, 11) is 0. The second-order valence-corrected chi connectivity index (χ2v) is 7.44. The SMILES string of the molecule is NNC(C[C@H](O)[C@H](Cc1ccccc1)NC(=O)OCc1ccccc1)c1ccccc1. The Balaban J connectivity index is 1.66. The molecule has 3 aromatic rings. The lowest BCUT2D eigenvalue weighted by Gasteiger charge is -2.27. The lowest BCUT2D eigenvalue weighted by Crippen LogP contribution is -2.46. The first-order chi connectivity index (χ1) is 15.2. The first-order valence-corrected chi connectivity index (χ1v) is 10.4. The molecule has 0 aliphatic rings. The zero-order chi connectivity index (χ0) is 21.9. The molecule has 0 fully saturated rings. The van der Waals surface area contributed by atoms with Gasteiger partial charge in [-0.25, -0.2) is 4.79 Å². The van der Waals surface area contributed by atoms with E-state index in [1.54, 1.807) is 0 Å². The lowest BCUT2D eigenvalue weighted by atomic mass is 9.94. The Hall–Kier alpha value is -3.19. The highest BCUT2D eigenvalue weighted by atomic mass is 16.5. The van der Waals surface area contributed by atoms with Crippen LogP contribution in [-0.4, -0.2) is 23.3 Å². The quantitative estimate of drug-likeness (QED) is 0.298. The highest BCUT2D eigenvalue weighted by Gasteiger charge is 2.26. The van der Waals surface area contributed by atoms with Crippen molar-refractivity contribution in [3.8, 4) is 0 Å². The van der Waals surface area contributed by atoms with Crippen LogP contribution in [-0.2, 0) is 17.8 Å². The summed E-state index contributed by atoms with van der Waals surface area (Å²) in [5, 5.41) is 13.8. The van der Waals surface area contributed by atoms with Gasteiger partial charge in [-0.15, -0.1) is 0 Å². The third kappa shape index (κ3) is 7.22. The predicted octanol–water partition coefficient (Wildman–Crippen LogP) is 3.48. The summed E-state index contributed by atoms with van der Waals surface area (Å²) in [5.74, 6) is 5.75. The Morgan fingerprint density at radius 2 is 1.42 bits per heavy atom. The molecule has 3 rings (SSSR count). The van der Waals surface area contributed by atoms with Crippen molar-refractivity contribution in [1.82, 2.24) is 10.7 Å². The smallest absolute Gasteiger partial charge is 0.407 e. The fourth-order valence-corrected chi connectivity index (χ4v) is 3.46. The van der Waals surface area contributed by atoms with E-state index in [2.05, 4.69) is 10.7 Å². The number of nitrogens with one attached hydrogen (secondary N) is 2. The Bertz CT molecular complexity index is 907. The van der Waals surface area contributed by atoms with Crippen molar-refractivity contribution in [3.63, 3.8) is 0 Å². The number of hydrazine groups is 1. The van der Waals surface area contributed by atoms with Gasteiger partial charge in [-0.2, -0.15) is 0 Å². The molecule has 1 amide bonds. The zero-order valence-electron chi connectivity index (χ0n) is 17.4. The molecule has 6 heteroatoms. The second-order valence-electron chi connectivity index (χ2n) is 7.44. The van der Waals surface area contributed by atoms with Crippen molar-refractivity contribution < 1.29 is 14.6 Å². The zero-order valence-corrected chi connectivity index (χ0v) is 17.4. The van der Waals surface area contributed by atoms with Crippen LogP contribution in [0.2, 0.25) is 0 Å². The van der Waals surface area contributed by atoms with E-state index in [1.807, 2.05) is 91.0 Å². The molecule has 0 saturated carbocycles. The number of alkyl carbamates (subject to hydrolysis) is 1. The van der Waals surface area contributed by atoms with Gasteiger partial charge in [0.05, 0.1) is 12.1 Å². The summed E-state index contributed by atoms with van der Waals surface area (Å²) in [6.07, 6.45) is -0.613. The highest BCUT2D eigenvalue weighted by Crippen LogP contribution is 2.20. The monoisotopic (exact) mass is 419 g/mol. The van der Waals surface area contributed by atoms with Crippen LogP contribution in [0.4, 0.5) is 4.79 Å². The number of carbonyl (C=O) groups excluding carboxylic acids is 1. The summed E-state index contributed by atoms with van der Waals surface area (Å²) >= 11 is 0. The molecule has 5 N–H and O–H groups in total. The molecule has 0 heterocycles. The van der Waals surface area contributed by atoms with Gasteiger partial charge >= 0.3 is 6.09 Å². The minimum atomic E-state index is -0.842. The first-order valence-electron chi connectivity index (χ1n) is 10.4. The van der Waals surface area contributed by atoms with E-state index in [0.29, 0.717) is 12.8 Å². The van der Waals surface area contributed by atoms with Gasteiger partial charge in [-0.3, -0.25) is 11.3 Å². The molecule has 31 heavy (non-hydrogen) atoms. The molecule has 0 spiro atoms. The van der Waals surface area contributed by atoms with Gasteiger partial charge < -0.3 is 15.2 Å². The molecular weight excluding hydrogens is 390 g/mol. The number of nitrogens with two attached hydrogens (primary N) is 1. The summed E-state index contributed by atoms with van der Waals surface area (Å²) in [5.41, 5.74) is 5.63. The maximum atomic E-state index is 12.5. The van der Waals surface area contributed by atoms with Crippen molar-refractivity contribution in [1.29, 1.82) is 0 Å². The van der Waals surface area contributed by atoms with Crippen LogP contribution < -0.4 is 16.6 Å². The molecule has 0 saturated heterocycles. The average Bonchev–Trinajstić information content (AvgIpc) is 2.82. The van der Waals surface area contributed by atoms with Gasteiger partial charge in [0.25, 0.3) is 0 Å². The van der Waals surface area contributed by atoms with Crippen LogP contribution in [0.25, 0.3) is 0 Å². The van der Waals surface area contributed by atoms with Crippen LogP contribution in [0.1, 0.15) is 29.2 Å². The van der Waals surface area contributed by atoms with Crippen LogP contribution in [0.3, 0.4) is 0 Å². The van der Waals surface area contributed by atoms with E-state index in [-0.39, 0.29) is 12.6 Å². The molecule has 0 aliphatic carbocycles. The maximum absolute atomic E-state index is 12.5. The van der Waals surface area contributed by atoms with Gasteiger partial charge in [0, 0.05) is 6.04 Å². The van der Waals surface area contributed by atoms with Gasteiger partial charge in [0.2, 0.25) is 0 Å². The lowest BCUT2D eigenvalue weighted by molar-refractivity contribution is 0.0893. The predicted molar refractivity (Wildman–Crippen MR) is 121 cm³/mol. The van der Waals surface area contributed by atoms with Crippen molar-refractivity contribution >= 4 is 6.09 Å². The molecule has 0 bridgehead atoms. The normalized spacial score (nSPS) is 13.7. The van der Waals surface area contributed by atoms with Crippen molar-refractivity contribution in [2.24, 2.45) is 5.84 Å². The molecule has 0 aromatic heterocycles. The largest absolute Gasteiger partial charge is 0.445 e. The minimum Gasteiger partial charge on any atom is -0.445 e. The van der Waals surface area contributed by atoms with Gasteiger partial charge in [-0.1, -0.05) is 91.0 Å². The number of aliphatic hydroxyl groups is 1. The number of hydrogen-bond acceptors (Lipinski definition) is 5. The third-order valence-electron chi connectivity index (χ3n) is 5.16. The van der Waals surface area contributed by atoms with E-state index < -0.39 is 18.2 Å². The van der Waals surface area contributed by atoms with Gasteiger partial charge in [0.1, 0.15) is 6.61 Å². The van der Waals surface area contributed by atoms with Gasteiger partial charge in [0.15, 0.2) is 0 Å². The number of benzene rings is 3. The number of amides is 1. The fourth-order valence-electron chi connectivity index (χ4n) is 3.46. The Labute approximate surface area is 183 Å². The van der Waals surface area contributed by atoms with E-state index >= 15 is 0 Å². The van der Waals surface area contributed by atoms with Crippen molar-refractivity contribution in [2.45, 2.75) is 37.6 Å². The highest BCUT2D eigenvalue weighted by molar-refractivity contribution is 5.67. The van der Waals surface area contributed by atoms with Crippen LogP contribution in [0.15, 0.2) is 91.0 Å². The molecule has 0 radical (unpaired) electrons. The Morgan fingerprint density at radius 3 is 2.00 bits per heavy atom. The van der Waals surface area contributed by atoms with E-state index in [9.17, 15) is 9.90 Å². The van der Waals surface area contributed by atoms with Crippen LogP contribution in [0.5, 0.6) is 0 Å². The van der Waals surface area contributed by atoms with E-state index in [1.165, 1.54) is 0 Å².